The van der Waals surface area contributed by atoms with Crippen LogP contribution in [0.2, 0.25) is 0 Å². The van der Waals surface area contributed by atoms with Crippen LogP contribution >= 0.6 is 0 Å². The van der Waals surface area contributed by atoms with Gasteiger partial charge in [0.05, 0.1) is 7.11 Å². The van der Waals surface area contributed by atoms with Gasteiger partial charge in [-0.15, -0.1) is 6.58 Å². The summed E-state index contributed by atoms with van der Waals surface area (Å²) < 4.78 is 5.13. The first kappa shape index (κ1) is 10.8. The molecule has 14 heavy (non-hydrogen) atoms. The third-order valence-corrected chi connectivity index (χ3v) is 2.20. The molecule has 0 bridgehead atoms. The molecule has 2 heteroatoms. The Morgan fingerprint density at radius 2 is 2.36 bits per heavy atom. The van der Waals surface area contributed by atoms with E-state index in [-0.39, 0.29) is 6.04 Å². The second-order valence-electron chi connectivity index (χ2n) is 3.25. The van der Waals surface area contributed by atoms with Crippen molar-refractivity contribution in [3.8, 4) is 5.75 Å². The molecule has 76 valence electrons. The molecule has 2 nitrogen and oxygen atoms in total. The van der Waals surface area contributed by atoms with Gasteiger partial charge < -0.3 is 10.5 Å². The highest BCUT2D eigenvalue weighted by atomic mass is 16.5. The fraction of sp³-hybridized carbons (Fsp3) is 0.333. The summed E-state index contributed by atoms with van der Waals surface area (Å²) in [5.41, 5.74) is 7.12. The minimum Gasteiger partial charge on any atom is -0.497 e. The number of rotatable bonds is 5. The van der Waals surface area contributed by atoms with E-state index in [1.165, 1.54) is 0 Å². The van der Waals surface area contributed by atoms with Gasteiger partial charge in [-0.3, -0.25) is 0 Å². The van der Waals surface area contributed by atoms with E-state index >= 15 is 0 Å². The second-order valence-corrected chi connectivity index (χ2v) is 3.25. The summed E-state index contributed by atoms with van der Waals surface area (Å²) in [5, 5.41) is 0. The van der Waals surface area contributed by atoms with Crippen molar-refractivity contribution in [2.24, 2.45) is 5.73 Å². The fourth-order valence-electron chi connectivity index (χ4n) is 1.34. The number of benzene rings is 1. The van der Waals surface area contributed by atoms with Crippen molar-refractivity contribution >= 4 is 0 Å². The van der Waals surface area contributed by atoms with Crippen LogP contribution in [0.5, 0.6) is 5.75 Å². The van der Waals surface area contributed by atoms with Gasteiger partial charge in [0.2, 0.25) is 0 Å². The van der Waals surface area contributed by atoms with Gasteiger partial charge in [0.25, 0.3) is 0 Å². The van der Waals surface area contributed by atoms with Crippen LogP contribution in [0.15, 0.2) is 36.9 Å². The molecular formula is C12H17NO. The van der Waals surface area contributed by atoms with Gasteiger partial charge in [-0.05, 0) is 30.5 Å². The van der Waals surface area contributed by atoms with Crippen LogP contribution in [0.1, 0.15) is 24.4 Å². The summed E-state index contributed by atoms with van der Waals surface area (Å²) in [6, 6.07) is 7.96. The van der Waals surface area contributed by atoms with Gasteiger partial charge in [-0.2, -0.15) is 0 Å². The Morgan fingerprint density at radius 1 is 1.57 bits per heavy atom. The summed E-state index contributed by atoms with van der Waals surface area (Å²) in [6.07, 6.45) is 3.76. The quantitative estimate of drug-likeness (QED) is 0.726. The van der Waals surface area contributed by atoms with Crippen LogP contribution in [0.25, 0.3) is 0 Å². The maximum Gasteiger partial charge on any atom is 0.119 e. The molecule has 0 unspecified atom stereocenters. The molecule has 0 spiro atoms. The standard InChI is InChI=1S/C12H17NO/c1-3-4-8-12(13)10-6-5-7-11(9-10)14-2/h3,5-7,9,12H,1,4,8,13H2,2H3/t12-/m1/s1. The Labute approximate surface area is 85.4 Å². The lowest BCUT2D eigenvalue weighted by Crippen LogP contribution is -2.09. The van der Waals surface area contributed by atoms with Gasteiger partial charge >= 0.3 is 0 Å². The first-order valence-corrected chi connectivity index (χ1v) is 4.78. The predicted molar refractivity (Wildman–Crippen MR) is 59.4 cm³/mol. The average Bonchev–Trinajstić information content (AvgIpc) is 2.26. The Kier molecular flexibility index (Phi) is 4.20. The van der Waals surface area contributed by atoms with Crippen LogP contribution in [-0.2, 0) is 0 Å². The summed E-state index contributed by atoms with van der Waals surface area (Å²) >= 11 is 0. The summed E-state index contributed by atoms with van der Waals surface area (Å²) in [4.78, 5) is 0. The topological polar surface area (TPSA) is 35.2 Å². The lowest BCUT2D eigenvalue weighted by molar-refractivity contribution is 0.413. The summed E-state index contributed by atoms with van der Waals surface area (Å²) in [6.45, 7) is 3.68. The predicted octanol–water partition coefficient (Wildman–Crippen LogP) is 2.66. The van der Waals surface area contributed by atoms with Crippen molar-refractivity contribution in [2.45, 2.75) is 18.9 Å². The lowest BCUT2D eigenvalue weighted by Gasteiger charge is -2.11. The molecule has 0 amide bonds. The maximum atomic E-state index is 6.00. The number of ether oxygens (including phenoxy) is 1. The Balaban J connectivity index is 2.68. The highest BCUT2D eigenvalue weighted by Gasteiger charge is 2.05. The zero-order chi connectivity index (χ0) is 10.4. The molecule has 0 aliphatic heterocycles. The zero-order valence-corrected chi connectivity index (χ0v) is 8.57. The smallest absolute Gasteiger partial charge is 0.119 e. The van der Waals surface area contributed by atoms with E-state index in [4.69, 9.17) is 10.5 Å². The molecule has 1 aromatic rings. The third kappa shape index (κ3) is 2.89. The van der Waals surface area contributed by atoms with Crippen molar-refractivity contribution in [2.75, 3.05) is 7.11 Å². The maximum absolute atomic E-state index is 6.00. The van der Waals surface area contributed by atoms with Crippen LogP contribution < -0.4 is 10.5 Å². The van der Waals surface area contributed by atoms with Crippen LogP contribution in [0.3, 0.4) is 0 Å². The van der Waals surface area contributed by atoms with E-state index in [0.717, 1.165) is 24.2 Å². The number of hydrogen-bond donors (Lipinski definition) is 1. The molecule has 0 aliphatic rings. The molecule has 0 saturated heterocycles. The molecular weight excluding hydrogens is 174 g/mol. The van der Waals surface area contributed by atoms with E-state index in [1.54, 1.807) is 7.11 Å². The van der Waals surface area contributed by atoms with Gasteiger partial charge in [0.15, 0.2) is 0 Å². The Hall–Kier alpha value is -1.28. The molecule has 1 rings (SSSR count). The number of nitrogens with two attached hydrogens (primary N) is 1. The van der Waals surface area contributed by atoms with Gasteiger partial charge in [-0.25, -0.2) is 0 Å². The number of methoxy groups -OCH3 is 1. The van der Waals surface area contributed by atoms with Crippen LogP contribution in [0.4, 0.5) is 0 Å². The summed E-state index contributed by atoms with van der Waals surface area (Å²) in [7, 11) is 1.66. The normalized spacial score (nSPS) is 12.1. The first-order chi connectivity index (χ1) is 6.77. The second kappa shape index (κ2) is 5.45. The van der Waals surface area contributed by atoms with Gasteiger partial charge in [0.1, 0.15) is 5.75 Å². The van der Waals surface area contributed by atoms with Gasteiger partial charge in [0, 0.05) is 6.04 Å². The molecule has 0 aromatic heterocycles. The highest BCUT2D eigenvalue weighted by Crippen LogP contribution is 2.20. The van der Waals surface area contributed by atoms with Crippen molar-refractivity contribution < 1.29 is 4.74 Å². The van der Waals surface area contributed by atoms with E-state index in [0.29, 0.717) is 0 Å². The molecule has 1 atom stereocenters. The SMILES string of the molecule is C=CCC[C@@H](N)c1cccc(OC)c1. The molecule has 1 aromatic carbocycles. The molecule has 0 heterocycles. The Bertz CT molecular complexity index is 296. The third-order valence-electron chi connectivity index (χ3n) is 2.20. The monoisotopic (exact) mass is 191 g/mol. The van der Waals surface area contributed by atoms with Gasteiger partial charge in [-0.1, -0.05) is 18.2 Å². The first-order valence-electron chi connectivity index (χ1n) is 4.78. The Morgan fingerprint density at radius 3 is 3.00 bits per heavy atom. The molecule has 0 aliphatic carbocycles. The zero-order valence-electron chi connectivity index (χ0n) is 8.57. The van der Waals surface area contributed by atoms with Crippen LogP contribution in [0, 0.1) is 0 Å². The van der Waals surface area contributed by atoms with Crippen molar-refractivity contribution in [3.05, 3.63) is 42.5 Å². The highest BCUT2D eigenvalue weighted by molar-refractivity contribution is 5.30. The largest absolute Gasteiger partial charge is 0.497 e. The van der Waals surface area contributed by atoms with E-state index in [1.807, 2.05) is 30.3 Å². The van der Waals surface area contributed by atoms with E-state index in [9.17, 15) is 0 Å². The van der Waals surface area contributed by atoms with Crippen molar-refractivity contribution in [1.82, 2.24) is 0 Å². The molecule has 0 radical (unpaired) electrons. The number of allylic oxidation sites excluding steroid dienone is 1. The van der Waals surface area contributed by atoms with E-state index < -0.39 is 0 Å². The lowest BCUT2D eigenvalue weighted by atomic mass is 10.0. The average molecular weight is 191 g/mol. The number of hydrogen-bond acceptors (Lipinski definition) is 2. The van der Waals surface area contributed by atoms with Crippen molar-refractivity contribution in [3.63, 3.8) is 0 Å². The fourth-order valence-corrected chi connectivity index (χ4v) is 1.34. The summed E-state index contributed by atoms with van der Waals surface area (Å²) in [5.74, 6) is 0.858. The molecule has 0 saturated carbocycles. The van der Waals surface area contributed by atoms with Crippen molar-refractivity contribution in [1.29, 1.82) is 0 Å². The molecule has 2 N–H and O–H groups in total. The van der Waals surface area contributed by atoms with Crippen LogP contribution in [-0.4, -0.2) is 7.11 Å². The van der Waals surface area contributed by atoms with E-state index in [2.05, 4.69) is 6.58 Å². The minimum atomic E-state index is 0.0723. The molecule has 0 fully saturated rings. The minimum absolute atomic E-state index is 0.0723.